The Balaban J connectivity index is 1.40. The number of piperazine rings is 1. The molecule has 2 amide bonds. The maximum atomic E-state index is 12.9. The van der Waals surface area contributed by atoms with Crippen molar-refractivity contribution in [3.63, 3.8) is 0 Å². The molecule has 1 N–H and O–H groups in total. The number of carbonyl (C=O) groups is 2. The standard InChI is InChI=1S/C21H22BrN3O4S/c22-17-4-2-6-19(14-17)30(28,29)25-11-9-24(10-12-25)21(27)16-3-1-5-18(13-16)23-20(26)15-7-8-15/h1-6,13-15H,7-12H2,(H,23,26). The van der Waals surface area contributed by atoms with Gasteiger partial charge in [-0.1, -0.05) is 28.1 Å². The summed E-state index contributed by atoms with van der Waals surface area (Å²) in [6.07, 6.45) is 1.83. The number of hydrogen-bond acceptors (Lipinski definition) is 4. The van der Waals surface area contributed by atoms with Crippen molar-refractivity contribution >= 4 is 43.5 Å². The van der Waals surface area contributed by atoms with Crippen molar-refractivity contribution in [1.82, 2.24) is 9.21 Å². The average Bonchev–Trinajstić information content (AvgIpc) is 3.59. The van der Waals surface area contributed by atoms with Gasteiger partial charge in [0.2, 0.25) is 15.9 Å². The molecule has 0 atom stereocenters. The Kier molecular flexibility index (Phi) is 5.95. The molecule has 1 aliphatic carbocycles. The summed E-state index contributed by atoms with van der Waals surface area (Å²) in [4.78, 5) is 26.7. The van der Waals surface area contributed by atoms with Crippen molar-refractivity contribution in [3.05, 3.63) is 58.6 Å². The first-order chi connectivity index (χ1) is 14.3. The van der Waals surface area contributed by atoms with Gasteiger partial charge in [-0.15, -0.1) is 0 Å². The number of benzene rings is 2. The van der Waals surface area contributed by atoms with Crippen LogP contribution in [0.1, 0.15) is 23.2 Å². The monoisotopic (exact) mass is 491 g/mol. The Hall–Kier alpha value is -2.23. The van der Waals surface area contributed by atoms with Gasteiger partial charge in [0.1, 0.15) is 0 Å². The molecular formula is C21H22BrN3O4S. The van der Waals surface area contributed by atoms with Crippen LogP contribution in [-0.4, -0.2) is 55.6 Å². The second-order valence-corrected chi connectivity index (χ2v) is 10.4. The van der Waals surface area contributed by atoms with Crippen molar-refractivity contribution in [1.29, 1.82) is 0 Å². The lowest BCUT2D eigenvalue weighted by atomic mass is 10.1. The zero-order valence-electron chi connectivity index (χ0n) is 16.3. The second kappa shape index (κ2) is 8.49. The zero-order chi connectivity index (χ0) is 21.3. The molecule has 0 bridgehead atoms. The van der Waals surface area contributed by atoms with Gasteiger partial charge in [-0.25, -0.2) is 8.42 Å². The summed E-state index contributed by atoms with van der Waals surface area (Å²) in [6, 6.07) is 13.5. The number of anilines is 1. The van der Waals surface area contributed by atoms with Gasteiger partial charge < -0.3 is 10.2 Å². The van der Waals surface area contributed by atoms with E-state index in [2.05, 4.69) is 21.2 Å². The third-order valence-corrected chi connectivity index (χ3v) is 7.67. The number of nitrogens with one attached hydrogen (secondary N) is 1. The molecule has 0 aromatic heterocycles. The minimum Gasteiger partial charge on any atom is -0.336 e. The highest BCUT2D eigenvalue weighted by Gasteiger charge is 2.31. The predicted octanol–water partition coefficient (Wildman–Crippen LogP) is 2.94. The predicted molar refractivity (Wildman–Crippen MR) is 117 cm³/mol. The van der Waals surface area contributed by atoms with E-state index in [1.54, 1.807) is 53.4 Å². The maximum absolute atomic E-state index is 12.9. The van der Waals surface area contributed by atoms with Crippen molar-refractivity contribution in [2.75, 3.05) is 31.5 Å². The smallest absolute Gasteiger partial charge is 0.254 e. The van der Waals surface area contributed by atoms with E-state index < -0.39 is 10.0 Å². The van der Waals surface area contributed by atoms with E-state index in [4.69, 9.17) is 0 Å². The first kappa shape index (κ1) is 21.0. The summed E-state index contributed by atoms with van der Waals surface area (Å²) in [7, 11) is -3.60. The van der Waals surface area contributed by atoms with E-state index >= 15 is 0 Å². The first-order valence-electron chi connectivity index (χ1n) is 9.80. The molecule has 0 unspecified atom stereocenters. The third kappa shape index (κ3) is 4.58. The summed E-state index contributed by atoms with van der Waals surface area (Å²) < 4.78 is 27.8. The molecule has 2 fully saturated rings. The highest BCUT2D eigenvalue weighted by molar-refractivity contribution is 9.10. The third-order valence-electron chi connectivity index (χ3n) is 5.28. The number of carbonyl (C=O) groups excluding carboxylic acids is 2. The maximum Gasteiger partial charge on any atom is 0.254 e. The molecule has 1 aliphatic heterocycles. The lowest BCUT2D eigenvalue weighted by molar-refractivity contribution is -0.117. The molecular weight excluding hydrogens is 470 g/mol. The van der Waals surface area contributed by atoms with Crippen LogP contribution in [0.25, 0.3) is 0 Å². The highest BCUT2D eigenvalue weighted by Crippen LogP contribution is 2.30. The molecule has 0 spiro atoms. The summed E-state index contributed by atoms with van der Waals surface area (Å²) >= 11 is 3.30. The number of nitrogens with zero attached hydrogens (tertiary/aromatic N) is 2. The van der Waals surface area contributed by atoms with Gasteiger partial charge in [0.15, 0.2) is 0 Å². The van der Waals surface area contributed by atoms with Crippen LogP contribution in [0.2, 0.25) is 0 Å². The van der Waals surface area contributed by atoms with E-state index in [0.717, 1.165) is 12.8 Å². The van der Waals surface area contributed by atoms with E-state index in [1.807, 2.05) is 0 Å². The van der Waals surface area contributed by atoms with Crippen molar-refractivity contribution in [2.24, 2.45) is 5.92 Å². The van der Waals surface area contributed by atoms with Gasteiger partial charge in [0, 0.05) is 47.8 Å². The second-order valence-electron chi connectivity index (χ2n) is 7.50. The summed E-state index contributed by atoms with van der Waals surface area (Å²) in [5, 5.41) is 2.85. The fraction of sp³-hybridized carbons (Fsp3) is 0.333. The van der Waals surface area contributed by atoms with Crippen LogP contribution in [-0.2, 0) is 14.8 Å². The molecule has 1 heterocycles. The minimum atomic E-state index is -3.60. The Morgan fingerprint density at radius 3 is 2.33 bits per heavy atom. The Labute approximate surface area is 184 Å². The van der Waals surface area contributed by atoms with E-state index in [9.17, 15) is 18.0 Å². The number of amides is 2. The largest absolute Gasteiger partial charge is 0.336 e. The summed E-state index contributed by atoms with van der Waals surface area (Å²) in [5.74, 6) is -0.0902. The molecule has 1 saturated heterocycles. The van der Waals surface area contributed by atoms with Crippen LogP contribution < -0.4 is 5.32 Å². The van der Waals surface area contributed by atoms with Crippen molar-refractivity contribution in [2.45, 2.75) is 17.7 Å². The lowest BCUT2D eigenvalue weighted by Crippen LogP contribution is -2.50. The van der Waals surface area contributed by atoms with Crippen molar-refractivity contribution in [3.8, 4) is 0 Å². The molecule has 2 aliphatic rings. The van der Waals surface area contributed by atoms with E-state index in [0.29, 0.717) is 28.8 Å². The fourth-order valence-electron chi connectivity index (χ4n) is 3.41. The summed E-state index contributed by atoms with van der Waals surface area (Å²) in [5.41, 5.74) is 1.08. The molecule has 158 valence electrons. The molecule has 2 aromatic carbocycles. The molecule has 1 saturated carbocycles. The van der Waals surface area contributed by atoms with Gasteiger partial charge in [-0.05, 0) is 49.2 Å². The number of sulfonamides is 1. The van der Waals surface area contributed by atoms with Crippen LogP contribution in [0.3, 0.4) is 0 Å². The van der Waals surface area contributed by atoms with Gasteiger partial charge in [0.25, 0.3) is 5.91 Å². The SMILES string of the molecule is O=C(Nc1cccc(C(=O)N2CCN(S(=O)(=O)c3cccc(Br)c3)CC2)c1)C1CC1. The minimum absolute atomic E-state index is 0.00836. The average molecular weight is 492 g/mol. The molecule has 9 heteroatoms. The fourth-order valence-corrected chi connectivity index (χ4v) is 5.43. The van der Waals surface area contributed by atoms with E-state index in [1.165, 1.54) is 4.31 Å². The lowest BCUT2D eigenvalue weighted by Gasteiger charge is -2.34. The van der Waals surface area contributed by atoms with E-state index in [-0.39, 0.29) is 35.7 Å². The number of rotatable bonds is 5. The zero-order valence-corrected chi connectivity index (χ0v) is 18.7. The highest BCUT2D eigenvalue weighted by atomic mass is 79.9. The molecule has 2 aromatic rings. The van der Waals surface area contributed by atoms with Crippen LogP contribution in [0.4, 0.5) is 5.69 Å². The van der Waals surface area contributed by atoms with Crippen LogP contribution in [0.5, 0.6) is 0 Å². The molecule has 0 radical (unpaired) electrons. The topological polar surface area (TPSA) is 86.8 Å². The number of hydrogen-bond donors (Lipinski definition) is 1. The quantitative estimate of drug-likeness (QED) is 0.696. The van der Waals surface area contributed by atoms with Gasteiger partial charge in [-0.3, -0.25) is 9.59 Å². The Morgan fingerprint density at radius 1 is 0.967 bits per heavy atom. The van der Waals surface area contributed by atoms with Crippen LogP contribution >= 0.6 is 15.9 Å². The normalized spacial score (nSPS) is 17.6. The van der Waals surface area contributed by atoms with Crippen molar-refractivity contribution < 1.29 is 18.0 Å². The Bertz CT molecular complexity index is 1080. The van der Waals surface area contributed by atoms with Crippen LogP contribution in [0, 0.1) is 5.92 Å². The molecule has 7 nitrogen and oxygen atoms in total. The Morgan fingerprint density at radius 2 is 1.67 bits per heavy atom. The van der Waals surface area contributed by atoms with Gasteiger partial charge >= 0.3 is 0 Å². The molecule has 30 heavy (non-hydrogen) atoms. The van der Waals surface area contributed by atoms with Gasteiger partial charge in [-0.2, -0.15) is 4.31 Å². The van der Waals surface area contributed by atoms with Crippen LogP contribution in [0.15, 0.2) is 57.9 Å². The molecule has 4 rings (SSSR count). The first-order valence-corrected chi connectivity index (χ1v) is 12.0. The van der Waals surface area contributed by atoms with Gasteiger partial charge in [0.05, 0.1) is 4.90 Å². The summed E-state index contributed by atoms with van der Waals surface area (Å²) in [6.45, 7) is 1.09. The number of halogens is 1.